The molecule has 0 radical (unpaired) electrons. The zero-order valence-corrected chi connectivity index (χ0v) is 23.8. The SMILES string of the molecule is CC(=O)N[C@@H](C(=O)N[C@@H]1CSSCC/C=C/COC(=O)[C@H](C(C)C)NC(=O)C(C)(C)NC1=O)C(C)C. The van der Waals surface area contributed by atoms with Crippen LogP contribution in [0.5, 0.6) is 0 Å². The molecule has 0 saturated carbocycles. The van der Waals surface area contributed by atoms with E-state index >= 15 is 0 Å². The third-order valence-electron chi connectivity index (χ3n) is 5.33. The summed E-state index contributed by atoms with van der Waals surface area (Å²) in [6.07, 6.45) is 4.39. The third-order valence-corrected chi connectivity index (χ3v) is 7.77. The van der Waals surface area contributed by atoms with E-state index in [1.54, 1.807) is 33.8 Å². The predicted molar refractivity (Wildman–Crippen MR) is 143 cm³/mol. The lowest BCUT2D eigenvalue weighted by atomic mass is 9.99. The van der Waals surface area contributed by atoms with Crippen molar-refractivity contribution in [3.63, 3.8) is 0 Å². The molecule has 36 heavy (non-hydrogen) atoms. The van der Waals surface area contributed by atoms with E-state index in [2.05, 4.69) is 21.3 Å². The van der Waals surface area contributed by atoms with E-state index in [4.69, 9.17) is 4.74 Å². The van der Waals surface area contributed by atoms with Crippen molar-refractivity contribution in [1.29, 1.82) is 0 Å². The van der Waals surface area contributed by atoms with Crippen molar-refractivity contribution in [2.75, 3.05) is 18.1 Å². The topological polar surface area (TPSA) is 143 Å². The molecule has 0 bridgehead atoms. The van der Waals surface area contributed by atoms with E-state index in [-0.39, 0.29) is 30.1 Å². The summed E-state index contributed by atoms with van der Waals surface area (Å²) in [6, 6.07) is -2.64. The van der Waals surface area contributed by atoms with Gasteiger partial charge in [0.1, 0.15) is 30.3 Å². The maximum Gasteiger partial charge on any atom is 0.329 e. The number of cyclic esters (lactones) is 1. The van der Waals surface area contributed by atoms with Gasteiger partial charge in [0, 0.05) is 18.4 Å². The molecule has 0 aliphatic carbocycles. The molecule has 1 aliphatic rings. The van der Waals surface area contributed by atoms with Crippen molar-refractivity contribution in [2.45, 2.75) is 78.6 Å². The molecule has 0 saturated heterocycles. The summed E-state index contributed by atoms with van der Waals surface area (Å²) in [4.78, 5) is 63.3. The van der Waals surface area contributed by atoms with Crippen molar-refractivity contribution >= 4 is 51.2 Å². The number of nitrogens with one attached hydrogen (secondary N) is 4. The van der Waals surface area contributed by atoms with Crippen molar-refractivity contribution < 1.29 is 28.7 Å². The summed E-state index contributed by atoms with van der Waals surface area (Å²) in [5.41, 5.74) is -1.38. The normalized spacial score (nSPS) is 24.1. The molecule has 0 aromatic heterocycles. The fraction of sp³-hybridized carbons (Fsp3) is 0.708. The molecule has 0 fully saturated rings. The van der Waals surface area contributed by atoms with E-state index in [9.17, 15) is 24.0 Å². The number of amides is 4. The van der Waals surface area contributed by atoms with Crippen LogP contribution < -0.4 is 21.3 Å². The summed E-state index contributed by atoms with van der Waals surface area (Å²) >= 11 is 0. The number of ether oxygens (including phenoxy) is 1. The second-order valence-electron chi connectivity index (χ2n) is 9.79. The van der Waals surface area contributed by atoms with Crippen LogP contribution in [0.15, 0.2) is 12.2 Å². The average Bonchev–Trinajstić information content (AvgIpc) is 2.77. The lowest BCUT2D eigenvalue weighted by Gasteiger charge is -2.31. The molecule has 4 N–H and O–H groups in total. The first-order valence-electron chi connectivity index (χ1n) is 12.0. The average molecular weight is 545 g/mol. The van der Waals surface area contributed by atoms with Crippen molar-refractivity contribution in [1.82, 2.24) is 21.3 Å². The molecule has 10 nitrogen and oxygen atoms in total. The van der Waals surface area contributed by atoms with Crippen LogP contribution in [0.2, 0.25) is 0 Å². The monoisotopic (exact) mass is 544 g/mol. The van der Waals surface area contributed by atoms with Crippen molar-refractivity contribution in [3.05, 3.63) is 12.2 Å². The first-order valence-corrected chi connectivity index (χ1v) is 14.5. The van der Waals surface area contributed by atoms with Gasteiger partial charge in [-0.25, -0.2) is 4.79 Å². The van der Waals surface area contributed by atoms with Gasteiger partial charge in [0.2, 0.25) is 23.6 Å². The van der Waals surface area contributed by atoms with E-state index in [0.717, 1.165) is 12.2 Å². The van der Waals surface area contributed by atoms with Crippen LogP contribution in [0.1, 0.15) is 54.9 Å². The Hall–Kier alpha value is -2.21. The number of hydrogen-bond donors (Lipinski definition) is 4. The van der Waals surface area contributed by atoms with Gasteiger partial charge in [-0.1, -0.05) is 61.4 Å². The van der Waals surface area contributed by atoms with E-state index < -0.39 is 47.4 Å². The second-order valence-corrected chi connectivity index (χ2v) is 12.4. The van der Waals surface area contributed by atoms with Gasteiger partial charge in [-0.3, -0.25) is 19.2 Å². The maximum absolute atomic E-state index is 13.2. The fourth-order valence-electron chi connectivity index (χ4n) is 3.17. The summed E-state index contributed by atoms with van der Waals surface area (Å²) in [7, 11) is 2.95. The molecule has 1 aliphatic heterocycles. The Morgan fingerprint density at radius 3 is 2.36 bits per heavy atom. The first kappa shape index (κ1) is 31.8. The van der Waals surface area contributed by atoms with Crippen LogP contribution in [0.4, 0.5) is 0 Å². The smallest absolute Gasteiger partial charge is 0.329 e. The fourth-order valence-corrected chi connectivity index (χ4v) is 5.32. The number of carbonyl (C=O) groups excluding carboxylic acids is 5. The highest BCUT2D eigenvalue weighted by Gasteiger charge is 2.37. The standard InChI is InChI=1S/C24H40N4O6S2/c1-14(2)18(25-16(5)29)21(31)26-17-13-36-35-12-10-8-9-11-34-22(32)19(15(3)4)27-23(33)24(6,7)28-20(17)30/h8-9,14-15,17-19H,10-13H2,1-7H3,(H,25,29)(H,26,31)(H,27,33)(H,28,30)/b9-8+/t17-,18-,19+/m1/s1. The quantitative estimate of drug-likeness (QED) is 0.232. The molecular formula is C24H40N4O6S2. The Labute approximate surface area is 221 Å². The van der Waals surface area contributed by atoms with Crippen molar-refractivity contribution in [2.24, 2.45) is 11.8 Å². The van der Waals surface area contributed by atoms with Gasteiger partial charge < -0.3 is 26.0 Å². The molecule has 4 amide bonds. The molecule has 1 rings (SSSR count). The van der Waals surface area contributed by atoms with Gasteiger partial charge in [-0.05, 0) is 32.1 Å². The highest BCUT2D eigenvalue weighted by atomic mass is 33.1. The Kier molecular flexibility index (Phi) is 13.4. The minimum Gasteiger partial charge on any atom is -0.460 e. The summed E-state index contributed by atoms with van der Waals surface area (Å²) in [5.74, 6) is -1.92. The molecule has 0 spiro atoms. The van der Waals surface area contributed by atoms with Gasteiger partial charge in [-0.2, -0.15) is 0 Å². The molecule has 3 atom stereocenters. The zero-order chi connectivity index (χ0) is 27.5. The van der Waals surface area contributed by atoms with Gasteiger partial charge in [-0.15, -0.1) is 0 Å². The number of rotatable bonds is 5. The van der Waals surface area contributed by atoms with E-state index in [0.29, 0.717) is 0 Å². The van der Waals surface area contributed by atoms with Crippen LogP contribution in [-0.2, 0) is 28.7 Å². The van der Waals surface area contributed by atoms with E-state index in [1.807, 2.05) is 6.08 Å². The number of hydrogen-bond acceptors (Lipinski definition) is 8. The van der Waals surface area contributed by atoms with Crippen molar-refractivity contribution in [3.8, 4) is 0 Å². The third kappa shape index (κ3) is 10.8. The van der Waals surface area contributed by atoms with Crippen LogP contribution >= 0.6 is 21.6 Å². The highest BCUT2D eigenvalue weighted by Crippen LogP contribution is 2.23. The van der Waals surface area contributed by atoms with Crippen LogP contribution in [-0.4, -0.2) is 71.4 Å². The summed E-state index contributed by atoms with van der Waals surface area (Å²) < 4.78 is 5.29. The Bertz CT molecular complexity index is 831. The molecule has 204 valence electrons. The van der Waals surface area contributed by atoms with Crippen LogP contribution in [0, 0.1) is 11.8 Å². The lowest BCUT2D eigenvalue weighted by Crippen LogP contribution is -2.63. The number of carbonyl (C=O) groups is 5. The molecule has 0 aromatic carbocycles. The van der Waals surface area contributed by atoms with Gasteiger partial charge in [0.05, 0.1) is 0 Å². The zero-order valence-electron chi connectivity index (χ0n) is 22.1. The van der Waals surface area contributed by atoms with Gasteiger partial charge >= 0.3 is 5.97 Å². The predicted octanol–water partition coefficient (Wildman–Crippen LogP) is 1.55. The largest absolute Gasteiger partial charge is 0.460 e. The lowest BCUT2D eigenvalue weighted by molar-refractivity contribution is -0.149. The Morgan fingerprint density at radius 1 is 1.11 bits per heavy atom. The Morgan fingerprint density at radius 2 is 1.78 bits per heavy atom. The van der Waals surface area contributed by atoms with Gasteiger partial charge in [0.25, 0.3) is 0 Å². The maximum atomic E-state index is 13.2. The minimum atomic E-state index is -1.38. The summed E-state index contributed by atoms with van der Waals surface area (Å²) in [5, 5.41) is 10.7. The molecule has 12 heteroatoms. The molecule has 0 aromatic rings. The molecule has 1 heterocycles. The molecular weight excluding hydrogens is 504 g/mol. The van der Waals surface area contributed by atoms with Gasteiger partial charge in [0.15, 0.2) is 0 Å². The molecule has 0 unspecified atom stereocenters. The first-order chi connectivity index (χ1) is 16.8. The van der Waals surface area contributed by atoms with Crippen LogP contribution in [0.3, 0.4) is 0 Å². The summed E-state index contributed by atoms with van der Waals surface area (Å²) in [6.45, 7) is 11.6. The Balaban J connectivity index is 3.15. The van der Waals surface area contributed by atoms with Crippen LogP contribution in [0.25, 0.3) is 0 Å². The highest BCUT2D eigenvalue weighted by molar-refractivity contribution is 8.76. The number of esters is 1. The second kappa shape index (κ2) is 15.1. The number of allylic oxidation sites excluding steroid dienone is 1. The minimum absolute atomic E-state index is 0.106. The van der Waals surface area contributed by atoms with E-state index in [1.165, 1.54) is 42.4 Å².